The molecule has 0 bridgehead atoms. The molecule has 0 fully saturated rings. The molecule has 1 aromatic heterocycles. The fraction of sp³-hybridized carbons (Fsp3) is 0.217. The van der Waals surface area contributed by atoms with Gasteiger partial charge in [-0.1, -0.05) is 6.07 Å². The summed E-state index contributed by atoms with van der Waals surface area (Å²) in [5.41, 5.74) is -0.628. The van der Waals surface area contributed by atoms with Crippen molar-refractivity contribution in [3.05, 3.63) is 71.7 Å². The summed E-state index contributed by atoms with van der Waals surface area (Å²) in [6.45, 7) is 0. The average Bonchev–Trinajstić information content (AvgIpc) is 3.33. The Labute approximate surface area is 187 Å². The molecule has 3 aromatic rings. The Balaban J connectivity index is 1.70. The molecule has 2 N–H and O–H groups in total. The molecule has 33 heavy (non-hydrogen) atoms. The van der Waals surface area contributed by atoms with E-state index in [1.54, 1.807) is 18.2 Å². The molecule has 2 amide bonds. The standard InChI is InChI=1S/C23H21F3N2O5/c1-31-19-7-3-14(11-20(19)32-2)4-8-21(29)28-18-6-5-16(12-17(18)23(24,25)26)27-22(30)15-9-10-33-13-15/h3,5-7,9-13H,4,8H2,1-2H3,(H,27,30)(H,28,29). The van der Waals surface area contributed by atoms with E-state index in [0.29, 0.717) is 11.5 Å². The Morgan fingerprint density at radius 2 is 1.73 bits per heavy atom. The number of carbonyl (C=O) groups excluding carboxylic acids is 2. The van der Waals surface area contributed by atoms with Crippen LogP contribution in [-0.4, -0.2) is 26.0 Å². The molecular weight excluding hydrogens is 441 g/mol. The predicted molar refractivity (Wildman–Crippen MR) is 115 cm³/mol. The summed E-state index contributed by atoms with van der Waals surface area (Å²) in [5, 5.41) is 4.67. The van der Waals surface area contributed by atoms with Crippen molar-refractivity contribution in [2.45, 2.75) is 19.0 Å². The fourth-order valence-corrected chi connectivity index (χ4v) is 3.07. The molecule has 0 atom stereocenters. The maximum absolute atomic E-state index is 13.6. The lowest BCUT2D eigenvalue weighted by Gasteiger charge is -2.16. The largest absolute Gasteiger partial charge is 0.493 e. The van der Waals surface area contributed by atoms with Crippen LogP contribution in [0, 0.1) is 0 Å². The Hall–Kier alpha value is -3.95. The van der Waals surface area contributed by atoms with Crippen molar-refractivity contribution in [1.82, 2.24) is 0 Å². The molecule has 0 unspecified atom stereocenters. The van der Waals surface area contributed by atoms with Crippen molar-refractivity contribution in [3.8, 4) is 11.5 Å². The second-order valence-electron chi connectivity index (χ2n) is 6.96. The highest BCUT2D eigenvalue weighted by Gasteiger charge is 2.34. The first-order valence-electron chi connectivity index (χ1n) is 9.77. The molecular formula is C23H21F3N2O5. The van der Waals surface area contributed by atoms with Crippen LogP contribution in [0.5, 0.6) is 11.5 Å². The van der Waals surface area contributed by atoms with Crippen molar-refractivity contribution in [1.29, 1.82) is 0 Å². The molecule has 0 aliphatic carbocycles. The van der Waals surface area contributed by atoms with Crippen molar-refractivity contribution in [2.24, 2.45) is 0 Å². The number of halogens is 3. The molecule has 10 heteroatoms. The van der Waals surface area contributed by atoms with E-state index in [1.807, 2.05) is 0 Å². The summed E-state index contributed by atoms with van der Waals surface area (Å²) in [4.78, 5) is 24.4. The third-order valence-electron chi connectivity index (χ3n) is 4.73. The zero-order chi connectivity index (χ0) is 24.0. The number of hydrogen-bond acceptors (Lipinski definition) is 5. The van der Waals surface area contributed by atoms with Crippen LogP contribution in [0.3, 0.4) is 0 Å². The van der Waals surface area contributed by atoms with E-state index in [2.05, 4.69) is 10.6 Å². The summed E-state index contributed by atoms with van der Waals surface area (Å²) >= 11 is 0. The van der Waals surface area contributed by atoms with Gasteiger partial charge in [-0.3, -0.25) is 9.59 Å². The Morgan fingerprint density at radius 3 is 2.36 bits per heavy atom. The number of amides is 2. The van der Waals surface area contributed by atoms with E-state index >= 15 is 0 Å². The SMILES string of the molecule is COc1ccc(CCC(=O)Nc2ccc(NC(=O)c3ccoc3)cc2C(F)(F)F)cc1OC. The first-order chi connectivity index (χ1) is 15.7. The van der Waals surface area contributed by atoms with Crippen LogP contribution < -0.4 is 20.1 Å². The van der Waals surface area contributed by atoms with Gasteiger partial charge in [0.25, 0.3) is 5.91 Å². The number of ether oxygens (including phenoxy) is 2. The lowest BCUT2D eigenvalue weighted by Crippen LogP contribution is -2.18. The average molecular weight is 462 g/mol. The number of carbonyl (C=O) groups is 2. The first kappa shape index (κ1) is 23.7. The summed E-state index contributed by atoms with van der Waals surface area (Å²) in [5.74, 6) is -0.197. The monoisotopic (exact) mass is 462 g/mol. The van der Waals surface area contributed by atoms with Gasteiger partial charge in [0, 0.05) is 12.1 Å². The van der Waals surface area contributed by atoms with Gasteiger partial charge in [-0.15, -0.1) is 0 Å². The maximum atomic E-state index is 13.6. The van der Waals surface area contributed by atoms with Gasteiger partial charge in [-0.25, -0.2) is 0 Å². The number of nitrogens with one attached hydrogen (secondary N) is 2. The number of aryl methyl sites for hydroxylation is 1. The van der Waals surface area contributed by atoms with Gasteiger partial charge in [0.05, 0.1) is 37.3 Å². The van der Waals surface area contributed by atoms with Crippen LogP contribution in [0.1, 0.15) is 27.9 Å². The minimum atomic E-state index is -4.75. The molecule has 0 aliphatic rings. The molecule has 0 radical (unpaired) electrons. The molecule has 7 nitrogen and oxygen atoms in total. The van der Waals surface area contributed by atoms with E-state index in [0.717, 1.165) is 17.7 Å². The Kier molecular flexibility index (Phi) is 7.27. The Morgan fingerprint density at radius 1 is 0.970 bits per heavy atom. The maximum Gasteiger partial charge on any atom is 0.418 e. The molecule has 0 spiro atoms. The number of alkyl halides is 3. The van der Waals surface area contributed by atoms with Gasteiger partial charge in [0.15, 0.2) is 11.5 Å². The second-order valence-corrected chi connectivity index (χ2v) is 6.96. The third kappa shape index (κ3) is 6.06. The minimum absolute atomic E-state index is 0.0498. The smallest absolute Gasteiger partial charge is 0.418 e. The van der Waals surface area contributed by atoms with Crippen LogP contribution in [0.15, 0.2) is 59.4 Å². The fourth-order valence-electron chi connectivity index (χ4n) is 3.07. The molecule has 3 rings (SSSR count). The molecule has 174 valence electrons. The van der Waals surface area contributed by atoms with E-state index < -0.39 is 29.2 Å². The van der Waals surface area contributed by atoms with Gasteiger partial charge < -0.3 is 24.5 Å². The number of anilines is 2. The molecule has 1 heterocycles. The topological polar surface area (TPSA) is 89.8 Å². The van der Waals surface area contributed by atoms with Gasteiger partial charge >= 0.3 is 6.18 Å². The second kappa shape index (κ2) is 10.1. The molecule has 2 aromatic carbocycles. The van der Waals surface area contributed by atoms with Crippen molar-refractivity contribution in [2.75, 3.05) is 24.9 Å². The summed E-state index contributed by atoms with van der Waals surface area (Å²) < 4.78 is 55.9. The van der Waals surface area contributed by atoms with Crippen LogP contribution in [-0.2, 0) is 17.4 Å². The van der Waals surface area contributed by atoms with E-state index in [-0.39, 0.29) is 24.1 Å². The lowest BCUT2D eigenvalue weighted by molar-refractivity contribution is -0.136. The zero-order valence-corrected chi connectivity index (χ0v) is 17.8. The lowest BCUT2D eigenvalue weighted by atomic mass is 10.1. The number of rotatable bonds is 8. The van der Waals surface area contributed by atoms with E-state index in [9.17, 15) is 22.8 Å². The zero-order valence-electron chi connectivity index (χ0n) is 17.8. The predicted octanol–water partition coefficient (Wildman–Crippen LogP) is 5.14. The molecule has 0 saturated carbocycles. The number of hydrogen-bond donors (Lipinski definition) is 2. The number of methoxy groups -OCH3 is 2. The quantitative estimate of drug-likeness (QED) is 0.484. The van der Waals surface area contributed by atoms with Crippen LogP contribution in [0.4, 0.5) is 24.5 Å². The molecule has 0 aliphatic heterocycles. The van der Waals surface area contributed by atoms with E-state index in [1.165, 1.54) is 38.9 Å². The van der Waals surface area contributed by atoms with E-state index in [4.69, 9.17) is 13.9 Å². The first-order valence-corrected chi connectivity index (χ1v) is 9.77. The van der Waals surface area contributed by atoms with Crippen molar-refractivity contribution < 1.29 is 36.7 Å². The van der Waals surface area contributed by atoms with Gasteiger partial charge in [-0.05, 0) is 48.4 Å². The number of benzene rings is 2. The normalized spacial score (nSPS) is 11.1. The van der Waals surface area contributed by atoms with Crippen LogP contribution in [0.25, 0.3) is 0 Å². The molecule has 0 saturated heterocycles. The number of furan rings is 1. The highest BCUT2D eigenvalue weighted by molar-refractivity contribution is 6.04. The van der Waals surface area contributed by atoms with Crippen LogP contribution in [0.2, 0.25) is 0 Å². The highest BCUT2D eigenvalue weighted by atomic mass is 19.4. The van der Waals surface area contributed by atoms with Gasteiger partial charge in [0.2, 0.25) is 5.91 Å². The summed E-state index contributed by atoms with van der Waals surface area (Å²) in [6, 6.07) is 9.65. The van der Waals surface area contributed by atoms with Crippen molar-refractivity contribution >= 4 is 23.2 Å². The third-order valence-corrected chi connectivity index (χ3v) is 4.73. The van der Waals surface area contributed by atoms with Crippen molar-refractivity contribution in [3.63, 3.8) is 0 Å². The summed E-state index contributed by atoms with van der Waals surface area (Å²) in [7, 11) is 2.98. The highest BCUT2D eigenvalue weighted by Crippen LogP contribution is 2.37. The summed E-state index contributed by atoms with van der Waals surface area (Å²) in [6.07, 6.45) is -2.07. The van der Waals surface area contributed by atoms with Crippen LogP contribution >= 0.6 is 0 Å². The van der Waals surface area contributed by atoms with Gasteiger partial charge in [-0.2, -0.15) is 13.2 Å². The van der Waals surface area contributed by atoms with Gasteiger partial charge in [0.1, 0.15) is 6.26 Å². The minimum Gasteiger partial charge on any atom is -0.493 e. The Bertz CT molecular complexity index is 1130.